The summed E-state index contributed by atoms with van der Waals surface area (Å²) in [5.41, 5.74) is 0.225. The molecular weight excluding hydrogens is 381 g/mol. The number of amides is 2. The molecule has 0 spiro atoms. The monoisotopic (exact) mass is 396 g/mol. The van der Waals surface area contributed by atoms with Crippen LogP contribution < -0.4 is 5.32 Å². The number of nitrogens with one attached hydrogen (secondary N) is 1. The first-order valence-corrected chi connectivity index (χ1v) is 8.19. The summed E-state index contributed by atoms with van der Waals surface area (Å²) in [6, 6.07) is 10.9. The van der Waals surface area contributed by atoms with E-state index in [0.717, 1.165) is 12.1 Å². The van der Waals surface area contributed by atoms with E-state index in [1.807, 2.05) is 0 Å². The van der Waals surface area contributed by atoms with Gasteiger partial charge >= 0.3 is 6.18 Å². The van der Waals surface area contributed by atoms with Gasteiger partial charge in [-0.05, 0) is 48.0 Å². The summed E-state index contributed by atoms with van der Waals surface area (Å²) < 4.78 is 37.5. The van der Waals surface area contributed by atoms with Crippen LogP contribution in [0.2, 0.25) is 5.02 Å². The number of carbonyl (C=O) groups excluding carboxylic acids is 2. The average molecular weight is 397 g/mol. The van der Waals surface area contributed by atoms with Gasteiger partial charge in [0.05, 0.1) is 12.1 Å². The molecule has 27 heavy (non-hydrogen) atoms. The van der Waals surface area contributed by atoms with Gasteiger partial charge in [0.2, 0.25) is 11.8 Å². The maximum Gasteiger partial charge on any atom is 0.416 e. The molecule has 0 unspecified atom stereocenters. The number of hydrogen-bond donors (Lipinski definition) is 1. The van der Waals surface area contributed by atoms with Gasteiger partial charge in [0, 0.05) is 23.8 Å². The van der Waals surface area contributed by atoms with E-state index in [-0.39, 0.29) is 6.54 Å². The van der Waals surface area contributed by atoms with E-state index in [2.05, 4.69) is 5.32 Å². The molecule has 142 valence electrons. The minimum atomic E-state index is -4.41. The molecule has 0 radical (unpaired) electrons. The minimum Gasteiger partial charge on any atom is -0.333 e. The first-order valence-electron chi connectivity index (χ1n) is 7.81. The Bertz CT molecular complexity index is 832. The quantitative estimate of drug-likeness (QED) is 0.758. The van der Waals surface area contributed by atoms with Gasteiger partial charge in [-0.15, -0.1) is 0 Å². The minimum absolute atomic E-state index is 0.182. The Kier molecular flexibility index (Phi) is 6.63. The summed E-state index contributed by atoms with van der Waals surface area (Å²) in [4.78, 5) is 25.2. The Morgan fingerprint density at radius 2 is 1.67 bits per heavy atom. The highest BCUT2D eigenvalue weighted by Crippen LogP contribution is 2.29. The van der Waals surface area contributed by atoms with Crippen molar-refractivity contribution in [3.8, 4) is 0 Å². The molecule has 0 aliphatic rings. The molecule has 0 atom stereocenters. The lowest BCUT2D eigenvalue weighted by Gasteiger charge is -2.15. The topological polar surface area (TPSA) is 49.4 Å². The second-order valence-electron chi connectivity index (χ2n) is 5.70. The van der Waals surface area contributed by atoms with Crippen LogP contribution in [0, 0.1) is 0 Å². The fourth-order valence-electron chi connectivity index (χ4n) is 2.11. The molecule has 0 fully saturated rings. The smallest absolute Gasteiger partial charge is 0.333 e. The van der Waals surface area contributed by atoms with Crippen LogP contribution in [-0.4, -0.2) is 30.3 Å². The van der Waals surface area contributed by atoms with Crippen molar-refractivity contribution in [1.82, 2.24) is 4.90 Å². The predicted octanol–water partition coefficient (Wildman–Crippen LogP) is 4.47. The van der Waals surface area contributed by atoms with Crippen molar-refractivity contribution < 1.29 is 22.8 Å². The van der Waals surface area contributed by atoms with Crippen LogP contribution in [-0.2, 0) is 15.8 Å². The number of carbonyl (C=O) groups is 2. The summed E-state index contributed by atoms with van der Waals surface area (Å²) in [6.45, 7) is -0.182. The third-order valence-corrected chi connectivity index (χ3v) is 3.79. The molecule has 4 nitrogen and oxygen atoms in total. The molecule has 2 aromatic rings. The maximum atomic E-state index is 12.5. The van der Waals surface area contributed by atoms with Gasteiger partial charge in [0.1, 0.15) is 0 Å². The van der Waals surface area contributed by atoms with E-state index < -0.39 is 23.6 Å². The van der Waals surface area contributed by atoms with E-state index in [0.29, 0.717) is 16.3 Å². The first kappa shape index (κ1) is 20.5. The Hall–Kier alpha value is -2.80. The van der Waals surface area contributed by atoms with Gasteiger partial charge in [0.15, 0.2) is 0 Å². The van der Waals surface area contributed by atoms with Crippen molar-refractivity contribution in [1.29, 1.82) is 0 Å². The van der Waals surface area contributed by atoms with Crippen molar-refractivity contribution in [2.45, 2.75) is 6.18 Å². The highest BCUT2D eigenvalue weighted by atomic mass is 35.5. The SMILES string of the molecule is CN(CC(=O)Nc1ccc(Cl)cc1)C(=O)/C=C/c1ccc(C(F)(F)F)cc1. The summed E-state index contributed by atoms with van der Waals surface area (Å²) in [7, 11) is 1.45. The lowest BCUT2D eigenvalue weighted by molar-refractivity contribution is -0.137. The fraction of sp³-hybridized carbons (Fsp3) is 0.158. The average Bonchev–Trinajstić information content (AvgIpc) is 2.61. The summed E-state index contributed by atoms with van der Waals surface area (Å²) in [5.74, 6) is -0.850. The summed E-state index contributed by atoms with van der Waals surface area (Å²) >= 11 is 5.76. The third-order valence-electron chi connectivity index (χ3n) is 3.54. The van der Waals surface area contributed by atoms with Crippen LogP contribution in [0.4, 0.5) is 18.9 Å². The van der Waals surface area contributed by atoms with Gasteiger partial charge in [-0.2, -0.15) is 13.2 Å². The third kappa shape index (κ3) is 6.45. The number of alkyl halides is 3. The number of rotatable bonds is 5. The predicted molar refractivity (Wildman–Crippen MR) is 98.2 cm³/mol. The van der Waals surface area contributed by atoms with Gasteiger partial charge in [0.25, 0.3) is 0 Å². The Morgan fingerprint density at radius 3 is 2.22 bits per heavy atom. The zero-order valence-electron chi connectivity index (χ0n) is 14.3. The highest BCUT2D eigenvalue weighted by Gasteiger charge is 2.29. The van der Waals surface area contributed by atoms with Crippen molar-refractivity contribution >= 4 is 35.2 Å². The van der Waals surface area contributed by atoms with Crippen molar-refractivity contribution in [2.24, 2.45) is 0 Å². The first-order chi connectivity index (χ1) is 12.6. The largest absolute Gasteiger partial charge is 0.416 e. The van der Waals surface area contributed by atoms with Crippen LogP contribution in [0.5, 0.6) is 0 Å². The Morgan fingerprint density at radius 1 is 1.07 bits per heavy atom. The Balaban J connectivity index is 1.89. The molecule has 1 N–H and O–H groups in total. The molecule has 2 amide bonds. The second kappa shape index (κ2) is 8.73. The number of halogens is 4. The zero-order valence-corrected chi connectivity index (χ0v) is 15.0. The molecule has 0 aliphatic heterocycles. The van der Waals surface area contributed by atoms with E-state index in [4.69, 9.17) is 11.6 Å². The summed E-state index contributed by atoms with van der Waals surface area (Å²) in [5, 5.41) is 3.16. The summed E-state index contributed by atoms with van der Waals surface area (Å²) in [6.07, 6.45) is -1.83. The molecule has 0 saturated carbocycles. The van der Waals surface area contributed by atoms with Crippen molar-refractivity contribution in [2.75, 3.05) is 18.9 Å². The molecule has 0 aliphatic carbocycles. The van der Waals surface area contributed by atoms with Gasteiger partial charge in [-0.25, -0.2) is 0 Å². The lowest BCUT2D eigenvalue weighted by atomic mass is 10.1. The number of nitrogens with zero attached hydrogens (tertiary/aromatic N) is 1. The van der Waals surface area contributed by atoms with Crippen LogP contribution in [0.25, 0.3) is 6.08 Å². The van der Waals surface area contributed by atoms with Crippen LogP contribution in [0.15, 0.2) is 54.6 Å². The number of hydrogen-bond acceptors (Lipinski definition) is 2. The van der Waals surface area contributed by atoms with E-state index in [1.165, 1.54) is 36.2 Å². The Labute approximate surface area is 159 Å². The van der Waals surface area contributed by atoms with Crippen LogP contribution in [0.3, 0.4) is 0 Å². The van der Waals surface area contributed by atoms with Crippen LogP contribution in [0.1, 0.15) is 11.1 Å². The number of anilines is 1. The van der Waals surface area contributed by atoms with E-state index in [1.54, 1.807) is 24.3 Å². The molecule has 0 bridgehead atoms. The van der Waals surface area contributed by atoms with E-state index in [9.17, 15) is 22.8 Å². The fourth-order valence-corrected chi connectivity index (χ4v) is 2.23. The van der Waals surface area contributed by atoms with Crippen molar-refractivity contribution in [3.05, 3.63) is 70.8 Å². The molecule has 0 aromatic heterocycles. The van der Waals surface area contributed by atoms with Crippen molar-refractivity contribution in [3.63, 3.8) is 0 Å². The highest BCUT2D eigenvalue weighted by molar-refractivity contribution is 6.30. The number of likely N-dealkylation sites (N-methyl/N-ethyl adjacent to an activating group) is 1. The second-order valence-corrected chi connectivity index (χ2v) is 6.14. The van der Waals surface area contributed by atoms with Gasteiger partial charge in [-0.1, -0.05) is 23.7 Å². The molecule has 0 saturated heterocycles. The molecular formula is C19H16ClF3N2O2. The zero-order chi connectivity index (χ0) is 20.0. The molecule has 2 rings (SSSR count). The lowest BCUT2D eigenvalue weighted by Crippen LogP contribution is -2.33. The number of benzene rings is 2. The molecule has 0 heterocycles. The van der Waals surface area contributed by atoms with E-state index >= 15 is 0 Å². The van der Waals surface area contributed by atoms with Crippen LogP contribution >= 0.6 is 11.6 Å². The molecule has 2 aromatic carbocycles. The maximum absolute atomic E-state index is 12.5. The standard InChI is InChI=1S/C19H16ClF3N2O2/c1-25(12-17(26)24-16-9-7-15(20)8-10-16)18(27)11-4-13-2-5-14(6-3-13)19(21,22)23/h2-11H,12H2,1H3,(H,24,26)/b11-4+. The van der Waals surface area contributed by atoms with Gasteiger partial charge in [-0.3, -0.25) is 9.59 Å². The normalized spacial score (nSPS) is 11.4. The molecule has 8 heteroatoms. The van der Waals surface area contributed by atoms with Gasteiger partial charge < -0.3 is 10.2 Å².